The molecule has 4 nitrogen and oxygen atoms in total. The van der Waals surface area contributed by atoms with Gasteiger partial charge < -0.3 is 10.6 Å². The molecule has 1 aromatic rings. The van der Waals surface area contributed by atoms with Gasteiger partial charge in [-0.3, -0.25) is 4.79 Å². The zero-order valence-electron chi connectivity index (χ0n) is 11.5. The van der Waals surface area contributed by atoms with Crippen LogP contribution in [0.1, 0.15) is 44.8 Å². The summed E-state index contributed by atoms with van der Waals surface area (Å²) in [4.78, 5) is 16.6. The van der Waals surface area contributed by atoms with Gasteiger partial charge in [-0.2, -0.15) is 0 Å². The first-order valence-corrected chi connectivity index (χ1v) is 8.08. The maximum Gasteiger partial charge on any atom is 0.229 e. The lowest BCUT2D eigenvalue weighted by atomic mass is 10.1. The minimum atomic E-state index is 0.187. The molecule has 2 N–H and O–H groups in total. The van der Waals surface area contributed by atoms with Crippen LogP contribution < -0.4 is 10.6 Å². The van der Waals surface area contributed by atoms with E-state index in [9.17, 15) is 4.79 Å². The second kappa shape index (κ2) is 5.21. The van der Waals surface area contributed by atoms with Crippen molar-refractivity contribution < 1.29 is 4.79 Å². The Hall–Kier alpha value is -0.940. The number of carbonyl (C=O) groups excluding carboxylic acids is 1. The van der Waals surface area contributed by atoms with Crippen molar-refractivity contribution in [3.8, 4) is 0 Å². The van der Waals surface area contributed by atoms with E-state index in [1.54, 1.807) is 0 Å². The minimum absolute atomic E-state index is 0.187. The quantitative estimate of drug-likeness (QED) is 0.871. The Morgan fingerprint density at radius 1 is 1.53 bits per heavy atom. The fraction of sp³-hybridized carbons (Fsp3) is 0.714. The highest BCUT2D eigenvalue weighted by Crippen LogP contribution is 2.57. The first-order valence-electron chi connectivity index (χ1n) is 7.20. The number of nitrogens with zero attached hydrogens (tertiary/aromatic N) is 1. The van der Waals surface area contributed by atoms with E-state index in [-0.39, 0.29) is 17.9 Å². The van der Waals surface area contributed by atoms with Gasteiger partial charge >= 0.3 is 0 Å². The number of aromatic nitrogens is 1. The molecule has 1 heterocycles. The van der Waals surface area contributed by atoms with Gasteiger partial charge in [-0.15, -0.1) is 11.3 Å². The Morgan fingerprint density at radius 2 is 2.26 bits per heavy atom. The summed E-state index contributed by atoms with van der Waals surface area (Å²) < 4.78 is 0. The average Bonchev–Trinajstić information content (AvgIpc) is 2.80. The lowest BCUT2D eigenvalue weighted by Crippen LogP contribution is -2.19. The number of hydrogen-bond acceptors (Lipinski definition) is 4. The molecule has 1 aromatic heterocycles. The number of anilines is 1. The molecule has 0 saturated heterocycles. The van der Waals surface area contributed by atoms with Gasteiger partial charge in [0.2, 0.25) is 5.91 Å². The highest BCUT2D eigenvalue weighted by molar-refractivity contribution is 7.13. The zero-order chi connectivity index (χ0) is 13.4. The molecule has 2 fully saturated rings. The molecular formula is C14H21N3OS. The molecule has 0 radical (unpaired) electrons. The Kier molecular flexibility index (Phi) is 3.58. The molecule has 19 heavy (non-hydrogen) atoms. The number of hydrogen-bond donors (Lipinski definition) is 2. The zero-order valence-corrected chi connectivity index (χ0v) is 12.3. The molecule has 0 bridgehead atoms. The van der Waals surface area contributed by atoms with E-state index >= 15 is 0 Å². The summed E-state index contributed by atoms with van der Waals surface area (Å²) >= 11 is 1.52. The van der Waals surface area contributed by atoms with E-state index in [1.807, 2.05) is 5.38 Å². The van der Waals surface area contributed by atoms with Crippen LogP contribution in [0.3, 0.4) is 0 Å². The van der Waals surface area contributed by atoms with Gasteiger partial charge in [0, 0.05) is 17.3 Å². The summed E-state index contributed by atoms with van der Waals surface area (Å²) in [7, 11) is 0. The number of amides is 1. The average molecular weight is 279 g/mol. The maximum atomic E-state index is 12.1. The summed E-state index contributed by atoms with van der Waals surface area (Å²) in [6, 6.07) is 0.243. The van der Waals surface area contributed by atoms with E-state index in [0.717, 1.165) is 17.4 Å². The van der Waals surface area contributed by atoms with Crippen molar-refractivity contribution in [3.63, 3.8) is 0 Å². The van der Waals surface area contributed by atoms with Crippen molar-refractivity contribution >= 4 is 22.4 Å². The Morgan fingerprint density at radius 3 is 2.95 bits per heavy atom. The molecule has 1 amide bonds. The van der Waals surface area contributed by atoms with Crippen LogP contribution in [0.4, 0.5) is 5.13 Å². The van der Waals surface area contributed by atoms with Crippen molar-refractivity contribution in [1.82, 2.24) is 10.3 Å². The minimum Gasteiger partial charge on any atom is -0.309 e. The predicted molar refractivity (Wildman–Crippen MR) is 77.2 cm³/mol. The molecule has 5 heteroatoms. The van der Waals surface area contributed by atoms with E-state index in [4.69, 9.17) is 0 Å². The van der Waals surface area contributed by atoms with Crippen LogP contribution in [0.5, 0.6) is 0 Å². The molecule has 104 valence electrons. The molecule has 0 aromatic carbocycles. The van der Waals surface area contributed by atoms with E-state index in [1.165, 1.54) is 30.6 Å². The number of carbonyl (C=O) groups is 1. The van der Waals surface area contributed by atoms with Crippen molar-refractivity contribution in [2.75, 3.05) is 11.9 Å². The van der Waals surface area contributed by atoms with Crippen LogP contribution in [0.15, 0.2) is 5.38 Å². The summed E-state index contributed by atoms with van der Waals surface area (Å²) in [5, 5.41) is 9.09. The standard InChI is InChI=1S/C14H21N3OS/c1-3-15-8(2)11-7-19-14(16-11)17-13(18)12-9-5-4-6-10(9)12/h7-10,12,15H,3-6H2,1-2H3,(H,16,17,18). The Labute approximate surface area is 118 Å². The normalized spacial score (nSPS) is 29.9. The lowest BCUT2D eigenvalue weighted by molar-refractivity contribution is -0.118. The van der Waals surface area contributed by atoms with Crippen LogP contribution >= 0.6 is 11.3 Å². The van der Waals surface area contributed by atoms with Crippen LogP contribution in [-0.4, -0.2) is 17.4 Å². The summed E-state index contributed by atoms with van der Waals surface area (Å²) in [6.45, 7) is 5.10. The van der Waals surface area contributed by atoms with E-state index < -0.39 is 0 Å². The molecule has 2 saturated carbocycles. The molecule has 0 aliphatic heterocycles. The van der Waals surface area contributed by atoms with Crippen molar-refractivity contribution in [2.24, 2.45) is 17.8 Å². The third kappa shape index (κ3) is 2.54. The van der Waals surface area contributed by atoms with Gasteiger partial charge in [0.15, 0.2) is 5.13 Å². The summed E-state index contributed by atoms with van der Waals surface area (Å²) in [5.41, 5.74) is 1.01. The number of rotatable bonds is 5. The topological polar surface area (TPSA) is 54.0 Å². The molecule has 2 aliphatic carbocycles. The summed E-state index contributed by atoms with van der Waals surface area (Å²) in [6.07, 6.45) is 3.79. The van der Waals surface area contributed by atoms with Crippen LogP contribution in [-0.2, 0) is 4.79 Å². The second-order valence-corrected chi connectivity index (χ2v) is 6.49. The second-order valence-electron chi connectivity index (χ2n) is 5.63. The van der Waals surface area contributed by atoms with Crippen LogP contribution in [0, 0.1) is 17.8 Å². The smallest absolute Gasteiger partial charge is 0.229 e. The van der Waals surface area contributed by atoms with Gasteiger partial charge in [0.25, 0.3) is 0 Å². The highest BCUT2D eigenvalue weighted by atomic mass is 32.1. The first kappa shape index (κ1) is 13.1. The van der Waals surface area contributed by atoms with E-state index in [2.05, 4.69) is 29.5 Å². The Bertz CT molecular complexity index is 463. The molecule has 0 spiro atoms. The van der Waals surface area contributed by atoms with Crippen molar-refractivity contribution in [1.29, 1.82) is 0 Å². The number of nitrogens with one attached hydrogen (secondary N) is 2. The predicted octanol–water partition coefficient (Wildman–Crippen LogP) is 2.80. The van der Waals surface area contributed by atoms with Crippen molar-refractivity contribution in [3.05, 3.63) is 11.1 Å². The Balaban J connectivity index is 1.57. The third-order valence-corrected chi connectivity index (χ3v) is 5.19. The van der Waals surface area contributed by atoms with Gasteiger partial charge in [0.05, 0.1) is 5.69 Å². The molecule has 3 rings (SSSR count). The molecule has 3 unspecified atom stereocenters. The fourth-order valence-electron chi connectivity index (χ4n) is 3.35. The third-order valence-electron chi connectivity index (χ3n) is 4.42. The largest absolute Gasteiger partial charge is 0.309 e. The molecule has 2 aliphatic rings. The highest BCUT2D eigenvalue weighted by Gasteiger charge is 2.56. The lowest BCUT2D eigenvalue weighted by Gasteiger charge is -2.08. The summed E-state index contributed by atoms with van der Waals surface area (Å²) in [5.74, 6) is 1.79. The van der Waals surface area contributed by atoms with E-state index in [0.29, 0.717) is 11.8 Å². The maximum absolute atomic E-state index is 12.1. The van der Waals surface area contributed by atoms with Gasteiger partial charge in [-0.1, -0.05) is 13.3 Å². The molecular weight excluding hydrogens is 258 g/mol. The molecule has 3 atom stereocenters. The van der Waals surface area contributed by atoms with Crippen LogP contribution in [0.2, 0.25) is 0 Å². The van der Waals surface area contributed by atoms with Crippen molar-refractivity contribution in [2.45, 2.75) is 39.2 Å². The number of thiazole rings is 1. The SMILES string of the molecule is CCNC(C)c1csc(NC(=O)C2C3CCCC32)n1. The fourth-order valence-corrected chi connectivity index (χ4v) is 4.16. The van der Waals surface area contributed by atoms with Gasteiger partial charge in [0.1, 0.15) is 0 Å². The van der Waals surface area contributed by atoms with Gasteiger partial charge in [-0.25, -0.2) is 4.98 Å². The number of fused-ring (bicyclic) bond motifs is 1. The van der Waals surface area contributed by atoms with Crippen LogP contribution in [0.25, 0.3) is 0 Å². The monoisotopic (exact) mass is 279 g/mol. The van der Waals surface area contributed by atoms with Gasteiger partial charge in [-0.05, 0) is 38.1 Å². The first-order chi connectivity index (χ1) is 9.20.